The van der Waals surface area contributed by atoms with Crippen molar-refractivity contribution in [2.75, 3.05) is 13.1 Å². The van der Waals surface area contributed by atoms with E-state index in [1.807, 2.05) is 6.92 Å². The van der Waals surface area contributed by atoms with Crippen LogP contribution in [0.25, 0.3) is 0 Å². The minimum atomic E-state index is 0.246. The predicted molar refractivity (Wildman–Crippen MR) is 50.0 cm³/mol. The van der Waals surface area contributed by atoms with Gasteiger partial charge in [-0.1, -0.05) is 12.2 Å². The van der Waals surface area contributed by atoms with Crippen LogP contribution in [0.15, 0.2) is 12.2 Å². The number of carbonyl (C=O) groups is 1. The van der Waals surface area contributed by atoms with Gasteiger partial charge in [-0.3, -0.25) is 4.79 Å². The fourth-order valence-corrected chi connectivity index (χ4v) is 1.57. The third kappa shape index (κ3) is 2.78. The molecular formula is C10H17NO. The largest absolute Gasteiger partial charge is 0.316 e. The predicted octanol–water partition coefficient (Wildman–Crippen LogP) is 1.52. The summed E-state index contributed by atoms with van der Waals surface area (Å²) in [5.41, 5.74) is 0.977. The van der Waals surface area contributed by atoms with E-state index in [-0.39, 0.29) is 5.92 Å². The molecule has 0 bridgehead atoms. The van der Waals surface area contributed by atoms with Crippen molar-refractivity contribution in [2.45, 2.75) is 26.2 Å². The highest BCUT2D eigenvalue weighted by Crippen LogP contribution is 2.14. The molecule has 0 aromatic heterocycles. The van der Waals surface area contributed by atoms with E-state index in [2.05, 4.69) is 11.9 Å². The van der Waals surface area contributed by atoms with Crippen molar-refractivity contribution in [3.8, 4) is 0 Å². The normalized spacial score (nSPS) is 23.6. The number of carbonyl (C=O) groups excluding carboxylic acids is 1. The van der Waals surface area contributed by atoms with E-state index in [0.717, 1.165) is 31.5 Å². The van der Waals surface area contributed by atoms with Gasteiger partial charge in [-0.05, 0) is 26.3 Å². The SMILES string of the molecule is C=C(C)CC(=O)C1CCCNC1. The number of piperidine rings is 1. The van der Waals surface area contributed by atoms with Crippen LogP contribution in [-0.4, -0.2) is 18.9 Å². The second kappa shape index (κ2) is 4.41. The number of nitrogens with one attached hydrogen (secondary N) is 1. The number of hydrogen-bond donors (Lipinski definition) is 1. The molecule has 1 aliphatic heterocycles. The van der Waals surface area contributed by atoms with E-state index in [1.54, 1.807) is 0 Å². The van der Waals surface area contributed by atoms with E-state index in [1.165, 1.54) is 0 Å². The highest BCUT2D eigenvalue weighted by atomic mass is 16.1. The van der Waals surface area contributed by atoms with Crippen LogP contribution in [0.5, 0.6) is 0 Å². The van der Waals surface area contributed by atoms with Crippen molar-refractivity contribution in [1.82, 2.24) is 5.32 Å². The maximum Gasteiger partial charge on any atom is 0.141 e. The summed E-state index contributed by atoms with van der Waals surface area (Å²) in [6.07, 6.45) is 2.75. The van der Waals surface area contributed by atoms with E-state index < -0.39 is 0 Å². The molecule has 0 aromatic rings. The summed E-state index contributed by atoms with van der Waals surface area (Å²) in [5.74, 6) is 0.602. The number of ketones is 1. The van der Waals surface area contributed by atoms with Gasteiger partial charge in [0.1, 0.15) is 5.78 Å². The molecule has 0 aliphatic carbocycles. The molecule has 1 heterocycles. The van der Waals surface area contributed by atoms with Gasteiger partial charge in [-0.15, -0.1) is 0 Å². The number of allylic oxidation sites excluding steroid dienone is 1. The van der Waals surface area contributed by atoms with Gasteiger partial charge in [0, 0.05) is 18.9 Å². The molecule has 1 atom stereocenters. The smallest absolute Gasteiger partial charge is 0.141 e. The molecule has 1 aliphatic rings. The Balaban J connectivity index is 2.34. The highest BCUT2D eigenvalue weighted by molar-refractivity contribution is 5.83. The van der Waals surface area contributed by atoms with E-state index in [0.29, 0.717) is 12.2 Å². The topological polar surface area (TPSA) is 29.1 Å². The lowest BCUT2D eigenvalue weighted by Crippen LogP contribution is -2.34. The Morgan fingerprint density at radius 2 is 2.42 bits per heavy atom. The molecule has 0 amide bonds. The first-order valence-electron chi connectivity index (χ1n) is 4.58. The Hall–Kier alpha value is -0.630. The Labute approximate surface area is 74.0 Å². The molecule has 12 heavy (non-hydrogen) atoms. The summed E-state index contributed by atoms with van der Waals surface area (Å²) in [5, 5.41) is 3.24. The van der Waals surface area contributed by atoms with Crippen LogP contribution in [0.2, 0.25) is 0 Å². The summed E-state index contributed by atoms with van der Waals surface area (Å²) in [4.78, 5) is 11.5. The number of rotatable bonds is 3. The standard InChI is InChI=1S/C10H17NO/c1-8(2)6-10(12)9-4-3-5-11-7-9/h9,11H,1,3-7H2,2H3. The minimum absolute atomic E-state index is 0.246. The van der Waals surface area contributed by atoms with Crippen molar-refractivity contribution in [3.05, 3.63) is 12.2 Å². The van der Waals surface area contributed by atoms with Crippen LogP contribution in [0.4, 0.5) is 0 Å². The van der Waals surface area contributed by atoms with Gasteiger partial charge in [0.2, 0.25) is 0 Å². The Bertz CT molecular complexity index is 180. The number of Topliss-reactive ketones (excluding diaryl/α,β-unsaturated/α-hetero) is 1. The molecule has 0 spiro atoms. The van der Waals surface area contributed by atoms with Gasteiger partial charge in [-0.25, -0.2) is 0 Å². The zero-order chi connectivity index (χ0) is 8.97. The van der Waals surface area contributed by atoms with Gasteiger partial charge in [0.05, 0.1) is 0 Å². The molecule has 1 rings (SSSR count). The zero-order valence-corrected chi connectivity index (χ0v) is 7.73. The van der Waals surface area contributed by atoms with E-state index in [9.17, 15) is 4.79 Å². The average Bonchev–Trinajstić information content (AvgIpc) is 2.05. The first-order valence-corrected chi connectivity index (χ1v) is 4.58. The summed E-state index contributed by atoms with van der Waals surface area (Å²) in [6, 6.07) is 0. The molecule has 1 unspecified atom stereocenters. The third-order valence-corrected chi connectivity index (χ3v) is 2.23. The fourth-order valence-electron chi connectivity index (χ4n) is 1.57. The molecule has 0 aromatic carbocycles. The summed E-state index contributed by atoms with van der Waals surface area (Å²) in [6.45, 7) is 7.59. The summed E-state index contributed by atoms with van der Waals surface area (Å²) in [7, 11) is 0. The monoisotopic (exact) mass is 167 g/mol. The second-order valence-electron chi connectivity index (χ2n) is 3.64. The third-order valence-electron chi connectivity index (χ3n) is 2.23. The van der Waals surface area contributed by atoms with E-state index >= 15 is 0 Å². The summed E-state index contributed by atoms with van der Waals surface area (Å²) >= 11 is 0. The zero-order valence-electron chi connectivity index (χ0n) is 7.73. The Morgan fingerprint density at radius 1 is 1.67 bits per heavy atom. The quantitative estimate of drug-likeness (QED) is 0.646. The first-order chi connectivity index (χ1) is 5.70. The number of hydrogen-bond acceptors (Lipinski definition) is 2. The lowest BCUT2D eigenvalue weighted by atomic mass is 9.92. The molecule has 0 radical (unpaired) electrons. The molecule has 1 saturated heterocycles. The lowest BCUT2D eigenvalue weighted by Gasteiger charge is -2.21. The van der Waals surface area contributed by atoms with Crippen molar-refractivity contribution >= 4 is 5.78 Å². The molecule has 1 N–H and O–H groups in total. The van der Waals surface area contributed by atoms with Crippen LogP contribution in [0, 0.1) is 5.92 Å². The highest BCUT2D eigenvalue weighted by Gasteiger charge is 2.19. The second-order valence-corrected chi connectivity index (χ2v) is 3.64. The Morgan fingerprint density at radius 3 is 2.92 bits per heavy atom. The average molecular weight is 167 g/mol. The molecule has 2 nitrogen and oxygen atoms in total. The van der Waals surface area contributed by atoms with Crippen LogP contribution in [0.3, 0.4) is 0 Å². The van der Waals surface area contributed by atoms with Gasteiger partial charge in [-0.2, -0.15) is 0 Å². The van der Waals surface area contributed by atoms with Gasteiger partial charge < -0.3 is 5.32 Å². The molecule has 0 saturated carbocycles. The van der Waals surface area contributed by atoms with E-state index in [4.69, 9.17) is 0 Å². The van der Waals surface area contributed by atoms with Crippen molar-refractivity contribution < 1.29 is 4.79 Å². The van der Waals surface area contributed by atoms with Crippen molar-refractivity contribution in [1.29, 1.82) is 0 Å². The molecule has 68 valence electrons. The van der Waals surface area contributed by atoms with Gasteiger partial charge in [0.15, 0.2) is 0 Å². The maximum absolute atomic E-state index is 11.5. The minimum Gasteiger partial charge on any atom is -0.316 e. The maximum atomic E-state index is 11.5. The molecule has 2 heteroatoms. The van der Waals surface area contributed by atoms with Crippen molar-refractivity contribution in [2.24, 2.45) is 5.92 Å². The van der Waals surface area contributed by atoms with Crippen LogP contribution in [-0.2, 0) is 4.79 Å². The first kappa shape index (κ1) is 9.46. The lowest BCUT2D eigenvalue weighted by molar-refractivity contribution is -0.122. The van der Waals surface area contributed by atoms with Crippen LogP contribution < -0.4 is 5.32 Å². The van der Waals surface area contributed by atoms with Gasteiger partial charge >= 0.3 is 0 Å². The summed E-state index contributed by atoms with van der Waals surface area (Å²) < 4.78 is 0. The fraction of sp³-hybridized carbons (Fsp3) is 0.700. The molecular weight excluding hydrogens is 150 g/mol. The molecule has 1 fully saturated rings. The van der Waals surface area contributed by atoms with Crippen LogP contribution in [0.1, 0.15) is 26.2 Å². The van der Waals surface area contributed by atoms with Gasteiger partial charge in [0.25, 0.3) is 0 Å². The van der Waals surface area contributed by atoms with Crippen LogP contribution >= 0.6 is 0 Å². The Kier molecular flexibility index (Phi) is 3.48. The van der Waals surface area contributed by atoms with Crippen molar-refractivity contribution in [3.63, 3.8) is 0 Å².